The highest BCUT2D eigenvalue weighted by Gasteiger charge is 2.16. The van der Waals surface area contributed by atoms with Gasteiger partial charge >= 0.3 is 5.76 Å². The molecule has 1 N–H and O–H groups in total. The number of benzene rings is 1. The third-order valence-electron chi connectivity index (χ3n) is 4.31. The molecule has 0 fully saturated rings. The number of aromatic nitrogens is 4. The van der Waals surface area contributed by atoms with E-state index in [4.69, 9.17) is 4.42 Å². The number of anilines is 1. The highest BCUT2D eigenvalue weighted by atomic mass is 16.6. The molecule has 0 saturated heterocycles. The van der Waals surface area contributed by atoms with Crippen LogP contribution in [0.15, 0.2) is 39.7 Å². The summed E-state index contributed by atoms with van der Waals surface area (Å²) >= 11 is 0. The summed E-state index contributed by atoms with van der Waals surface area (Å²) in [6, 6.07) is 5.52. The van der Waals surface area contributed by atoms with E-state index in [1.54, 1.807) is 17.8 Å². The Morgan fingerprint density at radius 1 is 1.36 bits per heavy atom. The largest absolute Gasteiger partial charge is 0.420 e. The molecule has 4 aromatic rings. The van der Waals surface area contributed by atoms with Gasteiger partial charge in [0.15, 0.2) is 11.2 Å². The van der Waals surface area contributed by atoms with Gasteiger partial charge in [-0.25, -0.2) is 9.78 Å². The molecular formula is C17H14N6O5. The second-order valence-electron chi connectivity index (χ2n) is 6.22. The standard InChI is InChI=1S/C17H14N6O5/c1-9-12-5-10(7-18-16(12)21(2)20-9)19-15(24)8-22-13-4-3-11(23(26)27)6-14(13)28-17(22)25/h3-7H,8H2,1-2H3,(H,19,24). The SMILES string of the molecule is Cc1nn(C)c2ncc(NC(=O)Cn3c(=O)oc4cc([N+](=O)[O-])ccc43)cc12. The van der Waals surface area contributed by atoms with Gasteiger partial charge in [0.1, 0.15) is 6.54 Å². The molecule has 0 atom stereocenters. The van der Waals surface area contributed by atoms with Crippen LogP contribution in [0.5, 0.6) is 0 Å². The molecule has 0 bridgehead atoms. The van der Waals surface area contributed by atoms with Crippen LogP contribution in [0.1, 0.15) is 5.69 Å². The van der Waals surface area contributed by atoms with E-state index in [1.807, 2.05) is 6.92 Å². The van der Waals surface area contributed by atoms with Crippen molar-refractivity contribution in [2.24, 2.45) is 7.05 Å². The number of aryl methyl sites for hydroxylation is 2. The van der Waals surface area contributed by atoms with Gasteiger partial charge in [0, 0.05) is 18.5 Å². The molecule has 3 heterocycles. The molecule has 0 saturated carbocycles. The Morgan fingerprint density at radius 3 is 2.89 bits per heavy atom. The summed E-state index contributed by atoms with van der Waals surface area (Å²) in [6.07, 6.45) is 1.50. The van der Waals surface area contributed by atoms with E-state index in [1.165, 1.54) is 18.3 Å². The second kappa shape index (κ2) is 6.30. The van der Waals surface area contributed by atoms with Gasteiger partial charge in [-0.2, -0.15) is 5.10 Å². The third kappa shape index (κ3) is 2.88. The summed E-state index contributed by atoms with van der Waals surface area (Å²) in [6.45, 7) is 1.53. The van der Waals surface area contributed by atoms with Crippen LogP contribution in [-0.2, 0) is 18.4 Å². The lowest BCUT2D eigenvalue weighted by molar-refractivity contribution is -0.384. The molecular weight excluding hydrogens is 368 g/mol. The number of nitro groups is 1. The number of nitrogens with one attached hydrogen (secondary N) is 1. The Labute approximate surface area is 156 Å². The lowest BCUT2D eigenvalue weighted by Gasteiger charge is -2.06. The number of nitro benzene ring substituents is 1. The quantitative estimate of drug-likeness (QED) is 0.419. The predicted molar refractivity (Wildman–Crippen MR) is 99.0 cm³/mol. The van der Waals surface area contributed by atoms with Crippen LogP contribution in [0.3, 0.4) is 0 Å². The summed E-state index contributed by atoms with van der Waals surface area (Å²) in [4.78, 5) is 39.0. The molecule has 0 aliphatic rings. The Morgan fingerprint density at radius 2 is 2.14 bits per heavy atom. The van der Waals surface area contributed by atoms with Crippen LogP contribution < -0.4 is 11.1 Å². The first kappa shape index (κ1) is 17.4. The third-order valence-corrected chi connectivity index (χ3v) is 4.31. The molecule has 0 spiro atoms. The number of amides is 1. The van der Waals surface area contributed by atoms with Gasteiger partial charge in [0.25, 0.3) is 5.69 Å². The van der Waals surface area contributed by atoms with E-state index in [-0.39, 0.29) is 17.8 Å². The minimum atomic E-state index is -0.776. The Bertz CT molecular complexity index is 1320. The van der Waals surface area contributed by atoms with E-state index in [2.05, 4.69) is 15.4 Å². The summed E-state index contributed by atoms with van der Waals surface area (Å²) in [5.74, 6) is -1.24. The molecule has 11 heteroatoms. The topological polar surface area (TPSA) is 138 Å². The number of fused-ring (bicyclic) bond motifs is 2. The number of hydrogen-bond acceptors (Lipinski definition) is 7. The van der Waals surface area contributed by atoms with Crippen LogP contribution >= 0.6 is 0 Å². The van der Waals surface area contributed by atoms with Crippen molar-refractivity contribution in [1.82, 2.24) is 19.3 Å². The molecule has 1 aromatic carbocycles. The second-order valence-corrected chi connectivity index (χ2v) is 6.22. The molecule has 3 aromatic heterocycles. The molecule has 4 rings (SSSR count). The number of hydrogen-bond donors (Lipinski definition) is 1. The maximum Gasteiger partial charge on any atom is 0.420 e. The minimum Gasteiger partial charge on any atom is -0.407 e. The maximum absolute atomic E-state index is 12.4. The summed E-state index contributed by atoms with van der Waals surface area (Å²) in [5.41, 5.74) is 2.06. The lowest BCUT2D eigenvalue weighted by atomic mass is 10.2. The van der Waals surface area contributed by atoms with Crippen LogP contribution in [0.2, 0.25) is 0 Å². The van der Waals surface area contributed by atoms with E-state index < -0.39 is 16.6 Å². The average molecular weight is 382 g/mol. The minimum absolute atomic E-state index is 0.0427. The van der Waals surface area contributed by atoms with Gasteiger partial charge in [-0.3, -0.25) is 24.2 Å². The van der Waals surface area contributed by atoms with Crippen molar-refractivity contribution in [1.29, 1.82) is 0 Å². The first-order chi connectivity index (χ1) is 13.3. The zero-order chi connectivity index (χ0) is 20.0. The fourth-order valence-electron chi connectivity index (χ4n) is 3.04. The number of pyridine rings is 1. The van der Waals surface area contributed by atoms with Gasteiger partial charge in [-0.05, 0) is 19.1 Å². The van der Waals surface area contributed by atoms with Crippen LogP contribution in [0, 0.1) is 17.0 Å². The normalized spacial score (nSPS) is 11.2. The number of rotatable bonds is 4. The summed E-state index contributed by atoms with van der Waals surface area (Å²) in [5, 5.41) is 18.6. The smallest absolute Gasteiger partial charge is 0.407 e. The summed E-state index contributed by atoms with van der Waals surface area (Å²) in [7, 11) is 1.78. The van der Waals surface area contributed by atoms with Gasteiger partial charge < -0.3 is 9.73 Å². The molecule has 28 heavy (non-hydrogen) atoms. The molecule has 0 radical (unpaired) electrons. The van der Waals surface area contributed by atoms with Crippen molar-refractivity contribution in [3.8, 4) is 0 Å². The van der Waals surface area contributed by atoms with Gasteiger partial charge in [-0.1, -0.05) is 0 Å². The van der Waals surface area contributed by atoms with Crippen molar-refractivity contribution >= 4 is 39.4 Å². The first-order valence-corrected chi connectivity index (χ1v) is 8.20. The Kier molecular flexibility index (Phi) is 3.91. The molecule has 0 aliphatic carbocycles. The van der Waals surface area contributed by atoms with Crippen molar-refractivity contribution < 1.29 is 14.1 Å². The van der Waals surface area contributed by atoms with E-state index in [9.17, 15) is 19.7 Å². The van der Waals surface area contributed by atoms with Gasteiger partial charge in [-0.15, -0.1) is 0 Å². The maximum atomic E-state index is 12.4. The zero-order valence-electron chi connectivity index (χ0n) is 14.9. The number of non-ortho nitro benzene ring substituents is 1. The number of nitrogens with zero attached hydrogens (tertiary/aromatic N) is 5. The highest BCUT2D eigenvalue weighted by molar-refractivity contribution is 5.93. The molecule has 11 nitrogen and oxygen atoms in total. The van der Waals surface area contributed by atoms with E-state index in [0.29, 0.717) is 16.9 Å². The first-order valence-electron chi connectivity index (χ1n) is 8.20. The molecule has 1 amide bonds. The van der Waals surface area contributed by atoms with E-state index in [0.717, 1.165) is 21.7 Å². The van der Waals surface area contributed by atoms with Gasteiger partial charge in [0.05, 0.1) is 34.1 Å². The number of oxazole rings is 1. The lowest BCUT2D eigenvalue weighted by Crippen LogP contribution is -2.24. The highest BCUT2D eigenvalue weighted by Crippen LogP contribution is 2.21. The average Bonchev–Trinajstić information content (AvgIpc) is 3.10. The number of carbonyl (C=O) groups excluding carboxylic acids is 1. The molecule has 142 valence electrons. The monoisotopic (exact) mass is 382 g/mol. The van der Waals surface area contributed by atoms with Crippen LogP contribution in [-0.4, -0.2) is 30.2 Å². The van der Waals surface area contributed by atoms with Crippen molar-refractivity contribution in [3.05, 3.63) is 56.8 Å². The zero-order valence-corrected chi connectivity index (χ0v) is 14.9. The van der Waals surface area contributed by atoms with E-state index >= 15 is 0 Å². The van der Waals surface area contributed by atoms with Crippen LogP contribution in [0.4, 0.5) is 11.4 Å². The molecule has 0 aliphatic heterocycles. The predicted octanol–water partition coefficient (Wildman–Crippen LogP) is 1.73. The Balaban J connectivity index is 1.60. The fourth-order valence-corrected chi connectivity index (χ4v) is 3.04. The van der Waals surface area contributed by atoms with Crippen molar-refractivity contribution in [3.63, 3.8) is 0 Å². The van der Waals surface area contributed by atoms with Crippen LogP contribution in [0.25, 0.3) is 22.1 Å². The van der Waals surface area contributed by atoms with Crippen molar-refractivity contribution in [2.45, 2.75) is 13.5 Å². The summed E-state index contributed by atoms with van der Waals surface area (Å²) < 4.78 is 7.77. The molecule has 0 unspecified atom stereocenters. The van der Waals surface area contributed by atoms with Crippen molar-refractivity contribution in [2.75, 3.05) is 5.32 Å². The number of carbonyl (C=O) groups is 1. The fraction of sp³-hybridized carbons (Fsp3) is 0.176. The Hall–Kier alpha value is -4.02. The van der Waals surface area contributed by atoms with Gasteiger partial charge in [0.2, 0.25) is 5.91 Å².